The molecule has 0 amide bonds. The molecule has 0 spiro atoms. The molecule has 0 fully saturated rings. The summed E-state index contributed by atoms with van der Waals surface area (Å²) in [6.45, 7) is 3.12. The summed E-state index contributed by atoms with van der Waals surface area (Å²) >= 11 is 0. The normalized spacial score (nSPS) is 13.2. The maximum absolute atomic E-state index is 10.2. The van der Waals surface area contributed by atoms with Gasteiger partial charge in [0.25, 0.3) is 0 Å². The van der Waals surface area contributed by atoms with Crippen LogP contribution >= 0.6 is 0 Å². The minimum absolute atomic E-state index is 0.279. The fraction of sp³-hybridized carbons (Fsp3) is 0.700. The maximum Gasteiger partial charge on any atom is 0.330 e. The minimum Gasteiger partial charge on any atom is -0.478 e. The number of aliphatic carboxylic acids is 1. The third-order valence-electron chi connectivity index (χ3n) is 1.10. The van der Waals surface area contributed by atoms with Gasteiger partial charge in [-0.05, 0) is 41.4 Å². The molecule has 0 aromatic rings. The van der Waals surface area contributed by atoms with Crippen LogP contribution in [0.2, 0.25) is 0 Å². The van der Waals surface area contributed by atoms with E-state index in [9.17, 15) is 4.79 Å². The predicted octanol–water partition coefficient (Wildman–Crippen LogP) is 0.966. The van der Waals surface area contributed by atoms with E-state index in [2.05, 4.69) is 0 Å². The highest BCUT2D eigenvalue weighted by atomic mass is 16.4. The van der Waals surface area contributed by atoms with Crippen molar-refractivity contribution in [1.29, 1.82) is 0 Å². The lowest BCUT2D eigenvalue weighted by atomic mass is 10.2. The van der Waals surface area contributed by atoms with Gasteiger partial charge in [0.2, 0.25) is 0 Å². The number of carboxylic acids is 1. The molecule has 1 atom stereocenters. The second-order valence-electron chi connectivity index (χ2n) is 3.62. The maximum atomic E-state index is 10.2. The van der Waals surface area contributed by atoms with Crippen LogP contribution in [-0.2, 0) is 4.79 Å². The lowest BCUT2D eigenvalue weighted by Crippen LogP contribution is -2.00. The van der Waals surface area contributed by atoms with Gasteiger partial charge < -0.3 is 15.1 Å². The van der Waals surface area contributed by atoms with Gasteiger partial charge in [0.1, 0.15) is 0 Å². The first-order valence-corrected chi connectivity index (χ1v) is 4.46. The minimum atomic E-state index is -0.930. The van der Waals surface area contributed by atoms with Crippen LogP contribution in [0, 0.1) is 0 Å². The molecule has 0 radical (unpaired) electrons. The molecule has 4 heteroatoms. The quantitative estimate of drug-likeness (QED) is 0.671. The summed E-state index contributed by atoms with van der Waals surface area (Å²) in [5, 5.41) is 17.1. The second kappa shape index (κ2) is 8.72. The zero-order chi connectivity index (χ0) is 11.7. The molecule has 84 valence electrons. The van der Waals surface area contributed by atoms with Gasteiger partial charge in [-0.25, -0.2) is 4.79 Å². The number of aliphatic hydroxyl groups excluding tert-OH is 1. The molecular formula is C10H21NO3. The molecule has 0 heterocycles. The highest BCUT2D eigenvalue weighted by molar-refractivity contribution is 5.85. The van der Waals surface area contributed by atoms with Crippen molar-refractivity contribution in [3.05, 3.63) is 11.6 Å². The Balaban J connectivity index is 0. The van der Waals surface area contributed by atoms with E-state index in [0.717, 1.165) is 0 Å². The zero-order valence-corrected chi connectivity index (χ0v) is 9.61. The summed E-state index contributed by atoms with van der Waals surface area (Å²) in [7, 11) is 6.00. The molecule has 4 nitrogen and oxygen atoms in total. The second-order valence-corrected chi connectivity index (χ2v) is 3.62. The van der Waals surface area contributed by atoms with Crippen LogP contribution in [0.1, 0.15) is 20.3 Å². The van der Waals surface area contributed by atoms with E-state index >= 15 is 0 Å². The summed E-state index contributed by atoms with van der Waals surface area (Å²) in [6, 6.07) is 0. The Bertz CT molecular complexity index is 183. The standard InChI is InChI=1S/C7H12O3.C3H9N/c1-5(7(9)10)3-4-6(2)8;1-4(2)3/h3,6,8H,4H2,1-2H3,(H,9,10);1-3H3. The molecule has 1 unspecified atom stereocenters. The van der Waals surface area contributed by atoms with E-state index in [1.807, 2.05) is 26.0 Å². The molecule has 0 aliphatic rings. The van der Waals surface area contributed by atoms with E-state index in [4.69, 9.17) is 10.2 Å². The number of aliphatic hydroxyl groups is 1. The molecule has 0 bridgehead atoms. The summed E-state index contributed by atoms with van der Waals surface area (Å²) in [4.78, 5) is 12.2. The lowest BCUT2D eigenvalue weighted by Gasteiger charge is -1.97. The monoisotopic (exact) mass is 203 g/mol. The summed E-state index contributed by atoms with van der Waals surface area (Å²) in [5.74, 6) is -0.930. The Morgan fingerprint density at radius 3 is 2.00 bits per heavy atom. The Hall–Kier alpha value is -0.870. The largest absolute Gasteiger partial charge is 0.478 e. The number of carboxylic acid groups (broad SMARTS) is 1. The van der Waals surface area contributed by atoms with Gasteiger partial charge >= 0.3 is 5.97 Å². The smallest absolute Gasteiger partial charge is 0.330 e. The van der Waals surface area contributed by atoms with E-state index in [1.54, 1.807) is 6.92 Å². The van der Waals surface area contributed by atoms with Crippen molar-refractivity contribution >= 4 is 5.97 Å². The predicted molar refractivity (Wildman–Crippen MR) is 57.3 cm³/mol. The lowest BCUT2D eigenvalue weighted by molar-refractivity contribution is -0.132. The van der Waals surface area contributed by atoms with E-state index in [1.165, 1.54) is 13.0 Å². The van der Waals surface area contributed by atoms with Crippen molar-refractivity contribution in [3.8, 4) is 0 Å². The van der Waals surface area contributed by atoms with E-state index in [0.29, 0.717) is 6.42 Å². The Morgan fingerprint density at radius 1 is 1.43 bits per heavy atom. The van der Waals surface area contributed by atoms with Crippen molar-refractivity contribution in [2.45, 2.75) is 26.4 Å². The van der Waals surface area contributed by atoms with Crippen molar-refractivity contribution in [1.82, 2.24) is 4.90 Å². The van der Waals surface area contributed by atoms with Gasteiger partial charge in [0.05, 0.1) is 6.10 Å². The summed E-state index contributed by atoms with van der Waals surface area (Å²) in [5.41, 5.74) is 0.279. The van der Waals surface area contributed by atoms with Crippen LogP contribution in [0.15, 0.2) is 11.6 Å². The molecule has 0 aliphatic carbocycles. The first-order chi connectivity index (χ1) is 6.27. The highest BCUT2D eigenvalue weighted by Crippen LogP contribution is 1.97. The Kier molecular flexibility index (Phi) is 9.71. The highest BCUT2D eigenvalue weighted by Gasteiger charge is 1.99. The Morgan fingerprint density at radius 2 is 1.79 bits per heavy atom. The van der Waals surface area contributed by atoms with Crippen LogP contribution in [0.4, 0.5) is 0 Å². The number of hydrogen-bond acceptors (Lipinski definition) is 3. The van der Waals surface area contributed by atoms with Crippen molar-refractivity contribution in [2.75, 3.05) is 21.1 Å². The van der Waals surface area contributed by atoms with Crippen LogP contribution in [0.25, 0.3) is 0 Å². The van der Waals surface area contributed by atoms with Gasteiger partial charge in [-0.15, -0.1) is 0 Å². The molecule has 0 saturated heterocycles. The zero-order valence-electron chi connectivity index (χ0n) is 9.61. The molecule has 0 rings (SSSR count). The van der Waals surface area contributed by atoms with E-state index < -0.39 is 12.1 Å². The average Bonchev–Trinajstić information content (AvgIpc) is 1.98. The van der Waals surface area contributed by atoms with Gasteiger partial charge in [0.15, 0.2) is 0 Å². The van der Waals surface area contributed by atoms with Crippen molar-refractivity contribution in [3.63, 3.8) is 0 Å². The van der Waals surface area contributed by atoms with Gasteiger partial charge in [-0.2, -0.15) is 0 Å². The van der Waals surface area contributed by atoms with Gasteiger partial charge in [-0.1, -0.05) is 6.08 Å². The van der Waals surface area contributed by atoms with Crippen LogP contribution < -0.4 is 0 Å². The third-order valence-corrected chi connectivity index (χ3v) is 1.10. The average molecular weight is 203 g/mol. The number of nitrogens with zero attached hydrogens (tertiary/aromatic N) is 1. The fourth-order valence-electron chi connectivity index (χ4n) is 0.435. The van der Waals surface area contributed by atoms with Crippen LogP contribution in [0.5, 0.6) is 0 Å². The first-order valence-electron chi connectivity index (χ1n) is 4.46. The van der Waals surface area contributed by atoms with Crippen LogP contribution in [-0.4, -0.2) is 48.3 Å². The fourth-order valence-corrected chi connectivity index (χ4v) is 0.435. The molecule has 0 aromatic carbocycles. The molecule has 14 heavy (non-hydrogen) atoms. The number of rotatable bonds is 3. The van der Waals surface area contributed by atoms with E-state index in [-0.39, 0.29) is 5.57 Å². The number of hydrogen-bond donors (Lipinski definition) is 2. The first kappa shape index (κ1) is 15.6. The number of carbonyl (C=O) groups is 1. The third kappa shape index (κ3) is 17.3. The Labute approximate surface area is 85.8 Å². The van der Waals surface area contributed by atoms with Gasteiger partial charge in [-0.3, -0.25) is 0 Å². The molecule has 2 N–H and O–H groups in total. The SMILES string of the molecule is CC(=CCC(C)O)C(=O)O.CN(C)C. The topological polar surface area (TPSA) is 60.8 Å². The summed E-state index contributed by atoms with van der Waals surface area (Å²) < 4.78 is 0. The molecular weight excluding hydrogens is 182 g/mol. The van der Waals surface area contributed by atoms with Gasteiger partial charge in [0, 0.05) is 5.57 Å². The van der Waals surface area contributed by atoms with Crippen molar-refractivity contribution < 1.29 is 15.0 Å². The molecule has 0 aromatic heterocycles. The molecule has 0 saturated carbocycles. The van der Waals surface area contributed by atoms with Crippen molar-refractivity contribution in [2.24, 2.45) is 0 Å². The molecule has 0 aliphatic heterocycles. The summed E-state index contributed by atoms with van der Waals surface area (Å²) in [6.07, 6.45) is 1.44. The van der Waals surface area contributed by atoms with Crippen LogP contribution in [0.3, 0.4) is 0 Å².